The van der Waals surface area contributed by atoms with Crippen LogP contribution >= 0.6 is 0 Å². The second-order valence-corrected chi connectivity index (χ2v) is 5.35. The number of rotatable bonds is 4. The molecule has 0 spiro atoms. The van der Waals surface area contributed by atoms with Gasteiger partial charge in [0, 0.05) is 17.1 Å². The van der Waals surface area contributed by atoms with Gasteiger partial charge in [-0.1, -0.05) is 24.3 Å². The monoisotopic (exact) mass is 363 g/mol. The van der Waals surface area contributed by atoms with Crippen molar-refractivity contribution in [1.82, 2.24) is 10.2 Å². The number of aromatic nitrogens is 2. The van der Waals surface area contributed by atoms with E-state index < -0.39 is 18.0 Å². The Hall–Kier alpha value is -3.36. The summed E-state index contributed by atoms with van der Waals surface area (Å²) < 4.78 is 40.6. The molecule has 1 amide bonds. The lowest BCUT2D eigenvalue weighted by molar-refractivity contribution is -0.274. The molecule has 3 aromatic rings. The minimum Gasteiger partial charge on any atom is -0.406 e. The number of fused-ring (bicyclic) bond motifs is 1. The number of aromatic amines is 1. The zero-order chi connectivity index (χ0) is 18.7. The van der Waals surface area contributed by atoms with Crippen LogP contribution in [0.25, 0.3) is 10.8 Å². The van der Waals surface area contributed by atoms with Crippen molar-refractivity contribution < 1.29 is 22.7 Å². The van der Waals surface area contributed by atoms with Gasteiger partial charge in [-0.25, -0.2) is 5.10 Å². The van der Waals surface area contributed by atoms with Gasteiger partial charge in [-0.05, 0) is 18.2 Å². The molecule has 9 heteroatoms. The van der Waals surface area contributed by atoms with Gasteiger partial charge in [0.2, 0.25) is 5.91 Å². The average molecular weight is 363 g/mol. The summed E-state index contributed by atoms with van der Waals surface area (Å²) in [5.41, 5.74) is 0.118. The molecular formula is C17H12F3N3O3. The molecule has 0 aliphatic carbocycles. The molecule has 26 heavy (non-hydrogen) atoms. The Kier molecular flexibility index (Phi) is 4.61. The Balaban J connectivity index is 1.77. The average Bonchev–Trinajstić information content (AvgIpc) is 2.56. The van der Waals surface area contributed by atoms with E-state index in [0.29, 0.717) is 16.5 Å². The highest BCUT2D eigenvalue weighted by molar-refractivity contribution is 5.95. The largest absolute Gasteiger partial charge is 0.573 e. The molecule has 0 unspecified atom stereocenters. The second kappa shape index (κ2) is 6.87. The van der Waals surface area contributed by atoms with Crippen molar-refractivity contribution in [3.63, 3.8) is 0 Å². The highest BCUT2D eigenvalue weighted by atomic mass is 19.4. The highest BCUT2D eigenvalue weighted by Crippen LogP contribution is 2.25. The van der Waals surface area contributed by atoms with Gasteiger partial charge < -0.3 is 10.1 Å². The minimum atomic E-state index is -4.82. The number of hydrogen-bond acceptors (Lipinski definition) is 4. The maximum absolute atomic E-state index is 12.3. The van der Waals surface area contributed by atoms with E-state index >= 15 is 0 Å². The van der Waals surface area contributed by atoms with Crippen LogP contribution in [0.2, 0.25) is 0 Å². The molecule has 2 aromatic carbocycles. The molecule has 0 saturated heterocycles. The molecule has 0 aliphatic rings. The smallest absolute Gasteiger partial charge is 0.406 e. The fraction of sp³-hybridized carbons (Fsp3) is 0.118. The van der Waals surface area contributed by atoms with Gasteiger partial charge in [0.05, 0.1) is 17.5 Å². The van der Waals surface area contributed by atoms with Crippen LogP contribution in [-0.4, -0.2) is 22.5 Å². The Bertz CT molecular complexity index is 1020. The van der Waals surface area contributed by atoms with E-state index in [9.17, 15) is 22.8 Å². The van der Waals surface area contributed by atoms with Crippen LogP contribution in [0.4, 0.5) is 18.9 Å². The lowest BCUT2D eigenvalue weighted by Crippen LogP contribution is -2.19. The van der Waals surface area contributed by atoms with Gasteiger partial charge in [-0.2, -0.15) is 5.10 Å². The van der Waals surface area contributed by atoms with Crippen LogP contribution in [0.1, 0.15) is 5.69 Å². The van der Waals surface area contributed by atoms with E-state index in [1.54, 1.807) is 24.3 Å². The summed E-state index contributed by atoms with van der Waals surface area (Å²) in [6.07, 6.45) is -4.98. The minimum absolute atomic E-state index is 0.144. The van der Waals surface area contributed by atoms with E-state index in [1.165, 1.54) is 12.1 Å². The number of alkyl halides is 3. The fourth-order valence-corrected chi connectivity index (χ4v) is 2.43. The number of ether oxygens (including phenoxy) is 1. The van der Waals surface area contributed by atoms with Gasteiger partial charge >= 0.3 is 6.36 Å². The molecule has 1 heterocycles. The number of nitrogens with zero attached hydrogens (tertiary/aromatic N) is 1. The van der Waals surface area contributed by atoms with E-state index in [1.807, 2.05) is 0 Å². The molecule has 2 N–H and O–H groups in total. The zero-order valence-corrected chi connectivity index (χ0v) is 13.1. The number of hydrogen-bond donors (Lipinski definition) is 2. The molecule has 0 radical (unpaired) electrons. The van der Waals surface area contributed by atoms with Crippen LogP contribution in [0.15, 0.2) is 53.3 Å². The van der Waals surface area contributed by atoms with Crippen molar-refractivity contribution in [2.24, 2.45) is 0 Å². The van der Waals surface area contributed by atoms with Crippen LogP contribution in [0.3, 0.4) is 0 Å². The molecule has 0 bridgehead atoms. The van der Waals surface area contributed by atoms with Gasteiger partial charge in [0.1, 0.15) is 5.75 Å². The third-order valence-electron chi connectivity index (χ3n) is 3.45. The maximum atomic E-state index is 12.3. The lowest BCUT2D eigenvalue weighted by Gasteiger charge is -2.11. The predicted octanol–water partition coefficient (Wildman–Crippen LogP) is 3.00. The van der Waals surface area contributed by atoms with E-state index in [4.69, 9.17) is 0 Å². The van der Waals surface area contributed by atoms with Crippen molar-refractivity contribution in [3.8, 4) is 5.75 Å². The van der Waals surface area contributed by atoms with Crippen LogP contribution < -0.4 is 15.6 Å². The fourth-order valence-electron chi connectivity index (χ4n) is 2.43. The summed E-state index contributed by atoms with van der Waals surface area (Å²) in [5.74, 6) is -0.943. The number of anilines is 1. The van der Waals surface area contributed by atoms with Crippen LogP contribution in [0, 0.1) is 0 Å². The number of carbonyl (C=O) groups excluding carboxylic acids is 1. The number of carbonyl (C=O) groups is 1. The SMILES string of the molecule is O=C(Cc1n[nH]c(=O)c2ccccc12)Nc1cccc(OC(F)(F)F)c1. The van der Waals surface area contributed by atoms with Crippen molar-refractivity contribution in [1.29, 1.82) is 0 Å². The first-order valence-electron chi connectivity index (χ1n) is 7.44. The van der Waals surface area contributed by atoms with Gasteiger partial charge in [0.15, 0.2) is 0 Å². The van der Waals surface area contributed by atoms with E-state index in [-0.39, 0.29) is 17.7 Å². The Morgan fingerprint density at radius 2 is 1.85 bits per heavy atom. The third-order valence-corrected chi connectivity index (χ3v) is 3.45. The second-order valence-electron chi connectivity index (χ2n) is 5.35. The molecule has 1 aromatic heterocycles. The van der Waals surface area contributed by atoms with Crippen LogP contribution in [0.5, 0.6) is 5.75 Å². The Morgan fingerprint density at radius 1 is 1.12 bits per heavy atom. The number of H-pyrrole nitrogens is 1. The molecular weight excluding hydrogens is 351 g/mol. The third kappa shape index (κ3) is 4.18. The molecule has 0 aliphatic heterocycles. The van der Waals surface area contributed by atoms with Crippen molar-refractivity contribution >= 4 is 22.4 Å². The predicted molar refractivity (Wildman–Crippen MR) is 87.8 cm³/mol. The first kappa shape index (κ1) is 17.5. The number of halogens is 3. The van der Waals surface area contributed by atoms with Crippen LogP contribution in [-0.2, 0) is 11.2 Å². The van der Waals surface area contributed by atoms with Gasteiger partial charge in [0.25, 0.3) is 5.56 Å². The summed E-state index contributed by atoms with van der Waals surface area (Å²) in [5, 5.41) is 9.60. The lowest BCUT2D eigenvalue weighted by atomic mass is 10.1. The summed E-state index contributed by atoms with van der Waals surface area (Å²) in [7, 11) is 0. The molecule has 134 valence electrons. The molecule has 6 nitrogen and oxygen atoms in total. The summed E-state index contributed by atoms with van der Waals surface area (Å²) in [6.45, 7) is 0. The van der Waals surface area contributed by atoms with E-state index in [2.05, 4.69) is 20.3 Å². The number of nitrogens with one attached hydrogen (secondary N) is 2. The molecule has 0 atom stereocenters. The molecule has 3 rings (SSSR count). The number of amides is 1. The molecule has 0 fully saturated rings. The summed E-state index contributed by atoms with van der Waals surface area (Å²) in [4.78, 5) is 23.9. The summed E-state index contributed by atoms with van der Waals surface area (Å²) in [6, 6.07) is 11.6. The topological polar surface area (TPSA) is 84.1 Å². The van der Waals surface area contributed by atoms with Crippen molar-refractivity contribution in [2.45, 2.75) is 12.8 Å². The van der Waals surface area contributed by atoms with Gasteiger partial charge in [-0.3, -0.25) is 9.59 Å². The quantitative estimate of drug-likeness (QED) is 0.746. The normalized spacial score (nSPS) is 11.3. The summed E-state index contributed by atoms with van der Waals surface area (Å²) >= 11 is 0. The first-order chi connectivity index (χ1) is 12.3. The Morgan fingerprint density at radius 3 is 2.58 bits per heavy atom. The zero-order valence-electron chi connectivity index (χ0n) is 13.1. The van der Waals surface area contributed by atoms with Crippen molar-refractivity contribution in [2.75, 3.05) is 5.32 Å². The van der Waals surface area contributed by atoms with Crippen molar-refractivity contribution in [3.05, 3.63) is 64.6 Å². The molecule has 0 saturated carbocycles. The number of benzene rings is 2. The first-order valence-corrected chi connectivity index (χ1v) is 7.44. The van der Waals surface area contributed by atoms with E-state index in [0.717, 1.165) is 12.1 Å². The Labute approximate surface area is 144 Å². The standard InChI is InChI=1S/C17H12F3N3O3/c18-17(19,20)26-11-5-3-4-10(8-11)21-15(24)9-14-12-6-1-2-7-13(12)16(25)23-22-14/h1-8H,9H2,(H,21,24)(H,23,25). The van der Waals surface area contributed by atoms with Gasteiger partial charge in [-0.15, -0.1) is 13.2 Å². The highest BCUT2D eigenvalue weighted by Gasteiger charge is 2.31. The maximum Gasteiger partial charge on any atom is 0.573 e.